The van der Waals surface area contributed by atoms with Crippen LogP contribution in [0.5, 0.6) is 0 Å². The summed E-state index contributed by atoms with van der Waals surface area (Å²) in [5.74, 6) is -3.60. The summed E-state index contributed by atoms with van der Waals surface area (Å²) < 4.78 is -1.60. The maximum Gasteiger partial charge on any atom is 0.308 e. The molecule has 37 heavy (non-hydrogen) atoms. The van der Waals surface area contributed by atoms with Crippen molar-refractivity contribution in [2.45, 2.75) is 41.3 Å². The van der Waals surface area contributed by atoms with Gasteiger partial charge in [0, 0.05) is 11.3 Å². The number of fused-ring (bicyclic) bond motifs is 1. The molecule has 6 atom stereocenters. The van der Waals surface area contributed by atoms with Gasteiger partial charge in [0.2, 0.25) is 5.91 Å². The maximum absolute atomic E-state index is 14.6. The predicted molar refractivity (Wildman–Crippen MR) is 143 cm³/mol. The predicted octanol–water partition coefficient (Wildman–Crippen LogP) is 4.16. The molecule has 7 nitrogen and oxygen atoms in total. The third kappa shape index (κ3) is 3.80. The molecule has 5 rings (SSSR count). The number of carbonyl (C=O) groups is 3. The summed E-state index contributed by atoms with van der Waals surface area (Å²) in [6.45, 7) is 5.45. The van der Waals surface area contributed by atoms with Gasteiger partial charge in [0.05, 0.1) is 39.9 Å². The van der Waals surface area contributed by atoms with E-state index < -0.39 is 51.9 Å². The summed E-state index contributed by atoms with van der Waals surface area (Å²) in [5, 5.41) is 21.1. The lowest BCUT2D eigenvalue weighted by molar-refractivity contribution is -0.150. The fraction of sp³-hybridized carbons (Fsp3) is 0.393. The van der Waals surface area contributed by atoms with E-state index in [1.165, 1.54) is 21.6 Å². The van der Waals surface area contributed by atoms with E-state index in [9.17, 15) is 24.6 Å². The van der Waals surface area contributed by atoms with E-state index in [1.54, 1.807) is 42.5 Å². The number of nitrogens with zero attached hydrogens (tertiary/aromatic N) is 2. The van der Waals surface area contributed by atoms with Crippen LogP contribution in [0.3, 0.4) is 0 Å². The molecule has 3 fully saturated rings. The Morgan fingerprint density at radius 1 is 1.22 bits per heavy atom. The smallest absolute Gasteiger partial charge is 0.308 e. The Kier molecular flexibility index (Phi) is 6.63. The lowest BCUT2D eigenvalue weighted by Gasteiger charge is -2.39. The Labute approximate surface area is 225 Å². The minimum absolute atomic E-state index is 0.154. The first-order chi connectivity index (χ1) is 17.7. The number of carbonyl (C=O) groups excluding carboxylic acids is 2. The molecule has 2 aromatic carbocycles. The van der Waals surface area contributed by atoms with E-state index in [1.807, 2.05) is 25.1 Å². The second kappa shape index (κ2) is 9.49. The zero-order chi connectivity index (χ0) is 26.5. The molecule has 3 aliphatic heterocycles. The molecule has 0 saturated carbocycles. The van der Waals surface area contributed by atoms with Gasteiger partial charge in [0.25, 0.3) is 5.91 Å². The van der Waals surface area contributed by atoms with Crippen LogP contribution in [0.15, 0.2) is 67.3 Å². The molecule has 9 heteroatoms. The maximum atomic E-state index is 14.6. The highest BCUT2D eigenvalue weighted by molar-refractivity contribution is 8.02. The normalized spacial score (nSPS) is 30.7. The van der Waals surface area contributed by atoms with Gasteiger partial charge in [-0.05, 0) is 37.5 Å². The van der Waals surface area contributed by atoms with Crippen molar-refractivity contribution < 1.29 is 24.6 Å². The van der Waals surface area contributed by atoms with Gasteiger partial charge in [-0.15, -0.1) is 18.3 Å². The fourth-order valence-corrected chi connectivity index (χ4v) is 9.21. The van der Waals surface area contributed by atoms with Crippen LogP contribution >= 0.6 is 23.4 Å². The van der Waals surface area contributed by atoms with Crippen molar-refractivity contribution in [3.05, 3.63) is 77.8 Å². The number of para-hydroxylation sites is 1. The molecule has 3 aliphatic rings. The van der Waals surface area contributed by atoms with Gasteiger partial charge in [-0.1, -0.05) is 60.1 Å². The lowest BCUT2D eigenvalue weighted by Crippen LogP contribution is -2.56. The van der Waals surface area contributed by atoms with E-state index in [0.717, 1.165) is 0 Å². The number of benzene rings is 2. The highest BCUT2D eigenvalue weighted by Gasteiger charge is 2.78. The van der Waals surface area contributed by atoms with Crippen LogP contribution in [0, 0.1) is 11.8 Å². The number of hydrogen-bond acceptors (Lipinski definition) is 5. The first kappa shape index (κ1) is 25.8. The van der Waals surface area contributed by atoms with E-state index in [2.05, 4.69) is 6.58 Å². The zero-order valence-electron chi connectivity index (χ0n) is 20.4. The van der Waals surface area contributed by atoms with E-state index in [-0.39, 0.29) is 12.5 Å². The van der Waals surface area contributed by atoms with E-state index in [4.69, 9.17) is 11.6 Å². The molecule has 0 radical (unpaired) electrons. The van der Waals surface area contributed by atoms with Gasteiger partial charge >= 0.3 is 5.97 Å². The number of aliphatic carboxylic acids is 1. The summed E-state index contributed by atoms with van der Waals surface area (Å²) in [6.07, 6.45) is 2.70. The minimum atomic E-state index is -1.03. The SMILES string of the molecule is C=CCN(C(=O)C1N([C@H](CO)c2ccccc2)C(=O)[C@@H]2[C@H](C(=O)O)[C@]3(C)CCC12S3)c1ccccc1Cl. The summed E-state index contributed by atoms with van der Waals surface area (Å²) in [6, 6.07) is 14.2. The largest absolute Gasteiger partial charge is 0.481 e. The third-order valence-corrected chi connectivity index (χ3v) is 10.4. The van der Waals surface area contributed by atoms with Gasteiger partial charge in [-0.3, -0.25) is 14.4 Å². The molecule has 0 aliphatic carbocycles. The minimum Gasteiger partial charge on any atom is -0.481 e. The van der Waals surface area contributed by atoms with Gasteiger partial charge < -0.3 is 20.0 Å². The quantitative estimate of drug-likeness (QED) is 0.488. The molecule has 2 N–H and O–H groups in total. The number of aliphatic hydroxyl groups excluding tert-OH is 1. The van der Waals surface area contributed by atoms with E-state index >= 15 is 0 Å². The molecule has 2 bridgehead atoms. The number of likely N-dealkylation sites (tertiary alicyclic amines) is 1. The summed E-state index contributed by atoms with van der Waals surface area (Å²) in [5.41, 5.74) is 1.17. The van der Waals surface area contributed by atoms with Crippen LogP contribution in [0.4, 0.5) is 5.69 Å². The van der Waals surface area contributed by atoms with Crippen molar-refractivity contribution in [2.24, 2.45) is 11.8 Å². The first-order valence-electron chi connectivity index (χ1n) is 12.3. The fourth-order valence-electron chi connectivity index (χ4n) is 6.64. The average Bonchev–Trinajstić information content (AvgIpc) is 3.45. The Morgan fingerprint density at radius 2 is 1.89 bits per heavy atom. The molecular formula is C28H29ClN2O5S. The first-order valence-corrected chi connectivity index (χ1v) is 13.5. The molecule has 2 aromatic rings. The number of halogens is 1. The number of thioether (sulfide) groups is 1. The highest BCUT2D eigenvalue weighted by Crippen LogP contribution is 2.72. The Balaban J connectivity index is 1.69. The highest BCUT2D eigenvalue weighted by atomic mass is 35.5. The number of rotatable bonds is 8. The second-order valence-corrected chi connectivity index (χ2v) is 12.4. The van der Waals surface area contributed by atoms with Crippen molar-refractivity contribution in [3.63, 3.8) is 0 Å². The summed E-state index contributed by atoms with van der Waals surface area (Å²) in [7, 11) is 0. The second-order valence-electron chi connectivity index (χ2n) is 10.1. The topological polar surface area (TPSA) is 98.2 Å². The monoisotopic (exact) mass is 540 g/mol. The Hall–Kier alpha value is -2.81. The number of carboxylic acids is 1. The van der Waals surface area contributed by atoms with Crippen molar-refractivity contribution in [2.75, 3.05) is 18.1 Å². The number of anilines is 1. The average molecular weight is 541 g/mol. The van der Waals surface area contributed by atoms with Crippen LogP contribution in [0.1, 0.15) is 31.4 Å². The van der Waals surface area contributed by atoms with Gasteiger partial charge in [-0.2, -0.15) is 0 Å². The number of hydrogen-bond donors (Lipinski definition) is 2. The summed E-state index contributed by atoms with van der Waals surface area (Å²) in [4.78, 5) is 44.3. The molecule has 3 heterocycles. The van der Waals surface area contributed by atoms with Crippen molar-refractivity contribution in [3.8, 4) is 0 Å². The van der Waals surface area contributed by atoms with Crippen LogP contribution in [0.25, 0.3) is 0 Å². The van der Waals surface area contributed by atoms with Crippen molar-refractivity contribution in [1.29, 1.82) is 0 Å². The van der Waals surface area contributed by atoms with Crippen molar-refractivity contribution in [1.82, 2.24) is 4.90 Å². The molecule has 2 unspecified atom stereocenters. The van der Waals surface area contributed by atoms with Gasteiger partial charge in [0.15, 0.2) is 0 Å². The molecule has 0 aromatic heterocycles. The van der Waals surface area contributed by atoms with Crippen LogP contribution < -0.4 is 4.90 Å². The molecule has 1 spiro atoms. The number of aliphatic hydroxyl groups is 1. The van der Waals surface area contributed by atoms with Gasteiger partial charge in [0.1, 0.15) is 6.04 Å². The molecule has 3 saturated heterocycles. The Morgan fingerprint density at radius 3 is 2.51 bits per heavy atom. The van der Waals surface area contributed by atoms with E-state index in [0.29, 0.717) is 29.1 Å². The molecule has 2 amide bonds. The van der Waals surface area contributed by atoms with Gasteiger partial charge in [-0.25, -0.2) is 0 Å². The molecular weight excluding hydrogens is 512 g/mol. The van der Waals surface area contributed by atoms with Crippen LogP contribution in [-0.4, -0.2) is 61.6 Å². The van der Waals surface area contributed by atoms with Crippen molar-refractivity contribution >= 4 is 46.8 Å². The number of amides is 2. The van der Waals surface area contributed by atoms with Crippen LogP contribution in [0.2, 0.25) is 5.02 Å². The lowest BCUT2D eigenvalue weighted by atomic mass is 9.66. The van der Waals surface area contributed by atoms with Crippen LogP contribution in [-0.2, 0) is 14.4 Å². The summed E-state index contributed by atoms with van der Waals surface area (Å²) >= 11 is 7.96. The standard InChI is InChI=1S/C28H29ClN2O5S/c1-3-15-30(19-12-8-7-11-18(19)29)25(34)23-28-14-13-27(2,37-28)22(26(35)36)21(28)24(33)31(23)20(16-32)17-9-5-4-6-10-17/h3-12,20-23,32H,1,13-16H2,2H3,(H,35,36)/t20-,21+,22-,23?,27+,28?/m1/s1. The zero-order valence-corrected chi connectivity index (χ0v) is 22.0. The Bertz CT molecular complexity index is 1260. The molecule has 194 valence electrons. The third-order valence-electron chi connectivity index (χ3n) is 8.13. The number of carboxylic acid groups (broad SMARTS) is 1.